The van der Waals surface area contributed by atoms with Crippen LogP contribution < -0.4 is 10.2 Å². The van der Waals surface area contributed by atoms with Gasteiger partial charge in [0.2, 0.25) is 0 Å². The molecule has 1 aromatic rings. The molecule has 0 unspecified atom stereocenters. The summed E-state index contributed by atoms with van der Waals surface area (Å²) in [6, 6.07) is 5.37. The molecule has 2 rings (SSSR count). The molecule has 0 aliphatic carbocycles. The molecule has 0 saturated heterocycles. The van der Waals surface area contributed by atoms with Crippen molar-refractivity contribution in [3.8, 4) is 5.75 Å². The molecular formula is C12H15BO4. The first-order valence-electron chi connectivity index (χ1n) is 5.77. The molecule has 0 aromatic heterocycles. The smallest absolute Gasteiger partial charge is 0.486 e. The Labute approximate surface area is 101 Å². The number of carbonyl (C=O) groups is 1. The van der Waals surface area contributed by atoms with Crippen molar-refractivity contribution in [3.05, 3.63) is 23.8 Å². The van der Waals surface area contributed by atoms with E-state index in [0.717, 1.165) is 17.4 Å². The van der Waals surface area contributed by atoms with Crippen LogP contribution in [0.1, 0.15) is 25.3 Å². The van der Waals surface area contributed by atoms with Gasteiger partial charge in [0.1, 0.15) is 12.4 Å². The summed E-state index contributed by atoms with van der Waals surface area (Å²) < 4.78 is 10.5. The van der Waals surface area contributed by atoms with Gasteiger partial charge in [-0.2, -0.15) is 0 Å². The summed E-state index contributed by atoms with van der Waals surface area (Å²) in [4.78, 5) is 11.3. The van der Waals surface area contributed by atoms with Crippen molar-refractivity contribution in [2.75, 3.05) is 6.61 Å². The molecule has 90 valence electrons. The average Bonchev–Trinajstić information content (AvgIpc) is 2.69. The Morgan fingerprint density at radius 1 is 1.59 bits per heavy atom. The molecule has 0 radical (unpaired) electrons. The maximum Gasteiger partial charge on any atom is 0.491 e. The minimum atomic E-state index is -0.875. The molecule has 0 amide bonds. The van der Waals surface area contributed by atoms with Crippen LogP contribution >= 0.6 is 0 Å². The third kappa shape index (κ3) is 2.87. The minimum absolute atomic E-state index is 0.0869. The summed E-state index contributed by atoms with van der Waals surface area (Å²) in [5, 5.41) is 9.52. The van der Waals surface area contributed by atoms with Crippen LogP contribution in [0.25, 0.3) is 0 Å². The van der Waals surface area contributed by atoms with Crippen molar-refractivity contribution < 1.29 is 19.2 Å². The van der Waals surface area contributed by atoms with Crippen LogP contribution in [0, 0.1) is 0 Å². The lowest BCUT2D eigenvalue weighted by Gasteiger charge is -2.06. The minimum Gasteiger partial charge on any atom is -0.486 e. The molecule has 17 heavy (non-hydrogen) atoms. The van der Waals surface area contributed by atoms with E-state index in [2.05, 4.69) is 0 Å². The predicted octanol–water partition coefficient (Wildman–Crippen LogP) is 0.652. The number of hydrogen-bond acceptors (Lipinski definition) is 4. The summed E-state index contributed by atoms with van der Waals surface area (Å²) in [6.45, 7) is 2.47. The maximum atomic E-state index is 11.3. The fraction of sp³-hybridized carbons (Fsp3) is 0.417. The van der Waals surface area contributed by atoms with Crippen molar-refractivity contribution in [1.82, 2.24) is 0 Å². The van der Waals surface area contributed by atoms with Crippen molar-refractivity contribution in [2.24, 2.45) is 0 Å². The number of ketones is 1. The molecule has 1 aliphatic rings. The highest BCUT2D eigenvalue weighted by Crippen LogP contribution is 2.16. The first kappa shape index (κ1) is 12.1. The van der Waals surface area contributed by atoms with Crippen molar-refractivity contribution in [2.45, 2.75) is 26.4 Å². The Hall–Kier alpha value is -1.33. The topological polar surface area (TPSA) is 55.8 Å². The van der Waals surface area contributed by atoms with Crippen LogP contribution in [-0.2, 0) is 16.1 Å². The monoisotopic (exact) mass is 234 g/mol. The highest BCUT2D eigenvalue weighted by atomic mass is 16.5. The summed E-state index contributed by atoms with van der Waals surface area (Å²) in [5.74, 6) is 0.683. The van der Waals surface area contributed by atoms with E-state index in [-0.39, 0.29) is 12.4 Å². The zero-order valence-electron chi connectivity index (χ0n) is 9.81. The van der Waals surface area contributed by atoms with Crippen LogP contribution in [0.15, 0.2) is 18.2 Å². The zero-order chi connectivity index (χ0) is 12.3. The molecule has 1 N–H and O–H groups in total. The Kier molecular flexibility index (Phi) is 3.81. The summed E-state index contributed by atoms with van der Waals surface area (Å²) in [6.07, 6.45) is 1.37. The van der Waals surface area contributed by atoms with Gasteiger partial charge in [0.25, 0.3) is 0 Å². The van der Waals surface area contributed by atoms with E-state index >= 15 is 0 Å². The van der Waals surface area contributed by atoms with Gasteiger partial charge < -0.3 is 14.4 Å². The molecule has 0 spiro atoms. The standard InChI is InChI=1S/C12H15BO4/c1-2-3-10(14)8-16-11-5-4-9-7-17-13(15)12(9)6-11/h4-6,15H,2-3,7-8H2,1H3. The van der Waals surface area contributed by atoms with Gasteiger partial charge in [0.05, 0.1) is 6.61 Å². The Morgan fingerprint density at radius 3 is 3.18 bits per heavy atom. The lowest BCUT2D eigenvalue weighted by molar-refractivity contribution is -0.121. The van der Waals surface area contributed by atoms with Gasteiger partial charge >= 0.3 is 7.12 Å². The van der Waals surface area contributed by atoms with Crippen LogP contribution in [0.4, 0.5) is 0 Å². The first-order valence-corrected chi connectivity index (χ1v) is 5.77. The lowest BCUT2D eigenvalue weighted by atomic mass is 9.79. The van der Waals surface area contributed by atoms with Gasteiger partial charge in [-0.3, -0.25) is 4.79 Å². The fourth-order valence-corrected chi connectivity index (χ4v) is 1.80. The van der Waals surface area contributed by atoms with E-state index in [4.69, 9.17) is 9.39 Å². The predicted molar refractivity (Wildman–Crippen MR) is 64.2 cm³/mol. The highest BCUT2D eigenvalue weighted by molar-refractivity contribution is 6.61. The van der Waals surface area contributed by atoms with E-state index in [9.17, 15) is 9.82 Å². The summed E-state index contributed by atoms with van der Waals surface area (Å²) in [7, 11) is -0.875. The highest BCUT2D eigenvalue weighted by Gasteiger charge is 2.27. The average molecular weight is 234 g/mol. The molecule has 0 fully saturated rings. The van der Waals surface area contributed by atoms with Crippen LogP contribution in [0.5, 0.6) is 5.75 Å². The SMILES string of the molecule is CCCC(=O)COc1ccc2c(c1)B(O)OC2. The zero-order valence-corrected chi connectivity index (χ0v) is 9.81. The third-order valence-corrected chi connectivity index (χ3v) is 2.71. The number of fused-ring (bicyclic) bond motifs is 1. The second-order valence-electron chi connectivity index (χ2n) is 4.10. The Bertz CT molecular complexity index is 419. The van der Waals surface area contributed by atoms with E-state index in [1.54, 1.807) is 12.1 Å². The maximum absolute atomic E-state index is 11.3. The number of carbonyl (C=O) groups excluding carboxylic acids is 1. The molecule has 5 heteroatoms. The third-order valence-electron chi connectivity index (χ3n) is 2.71. The van der Waals surface area contributed by atoms with Crippen LogP contribution in [0.3, 0.4) is 0 Å². The van der Waals surface area contributed by atoms with Crippen LogP contribution in [-0.4, -0.2) is 24.5 Å². The number of hydrogen-bond donors (Lipinski definition) is 1. The number of benzene rings is 1. The number of ether oxygens (including phenoxy) is 1. The quantitative estimate of drug-likeness (QED) is 0.760. The van der Waals surface area contributed by atoms with E-state index in [0.29, 0.717) is 18.8 Å². The van der Waals surface area contributed by atoms with Crippen molar-refractivity contribution >= 4 is 18.4 Å². The van der Waals surface area contributed by atoms with E-state index in [1.807, 2.05) is 13.0 Å². The Balaban J connectivity index is 1.98. The van der Waals surface area contributed by atoms with E-state index in [1.165, 1.54) is 0 Å². The number of Topliss-reactive ketones (excluding diaryl/α,β-unsaturated/α-hetero) is 1. The summed E-state index contributed by atoms with van der Waals surface area (Å²) in [5.41, 5.74) is 1.69. The molecular weight excluding hydrogens is 219 g/mol. The van der Waals surface area contributed by atoms with E-state index < -0.39 is 7.12 Å². The first-order chi connectivity index (χ1) is 8.20. The molecule has 4 nitrogen and oxygen atoms in total. The van der Waals surface area contributed by atoms with Gasteiger partial charge in [0, 0.05) is 6.42 Å². The van der Waals surface area contributed by atoms with Crippen LogP contribution in [0.2, 0.25) is 0 Å². The molecule has 1 aromatic carbocycles. The largest absolute Gasteiger partial charge is 0.491 e. The fourth-order valence-electron chi connectivity index (χ4n) is 1.80. The molecule has 0 saturated carbocycles. The van der Waals surface area contributed by atoms with Gasteiger partial charge in [-0.1, -0.05) is 13.0 Å². The molecule has 0 atom stereocenters. The second kappa shape index (κ2) is 5.34. The van der Waals surface area contributed by atoms with Gasteiger partial charge in [-0.15, -0.1) is 0 Å². The van der Waals surface area contributed by atoms with Gasteiger partial charge in [0.15, 0.2) is 5.78 Å². The van der Waals surface area contributed by atoms with Crippen molar-refractivity contribution in [1.29, 1.82) is 0 Å². The van der Waals surface area contributed by atoms with Gasteiger partial charge in [-0.25, -0.2) is 0 Å². The number of rotatable bonds is 5. The Morgan fingerprint density at radius 2 is 2.41 bits per heavy atom. The molecule has 1 heterocycles. The lowest BCUT2D eigenvalue weighted by Crippen LogP contribution is -2.28. The van der Waals surface area contributed by atoms with Gasteiger partial charge in [-0.05, 0) is 29.6 Å². The normalized spacial score (nSPS) is 13.6. The second-order valence-corrected chi connectivity index (χ2v) is 4.10. The molecule has 1 aliphatic heterocycles. The summed E-state index contributed by atoms with van der Waals surface area (Å²) >= 11 is 0. The molecule has 0 bridgehead atoms. The van der Waals surface area contributed by atoms with Crippen molar-refractivity contribution in [3.63, 3.8) is 0 Å².